The highest BCUT2D eigenvalue weighted by Gasteiger charge is 2.19. The van der Waals surface area contributed by atoms with Gasteiger partial charge in [0.2, 0.25) is 0 Å². The maximum absolute atomic E-state index is 3.61. The zero-order valence-corrected chi connectivity index (χ0v) is 10.3. The molecule has 78 valence electrons. The monoisotopic (exact) mass is 256 g/mol. The minimum absolute atomic E-state index is 0.535. The molecule has 0 bridgehead atoms. The highest BCUT2D eigenvalue weighted by atomic mass is 79.9. The molecule has 1 unspecified atom stereocenters. The fraction of sp³-hybridized carbons (Fsp3) is 0.636. The predicted octanol–water partition coefficient (Wildman–Crippen LogP) is 2.91. The van der Waals surface area contributed by atoms with Gasteiger partial charge in [-0.15, -0.1) is 0 Å². The largest absolute Gasteiger partial charge is 0.340 e. The SMILES string of the molecule is CC(C)n1cc(C2CCNC2)cc1Br. The van der Waals surface area contributed by atoms with Crippen LogP contribution in [0, 0.1) is 0 Å². The summed E-state index contributed by atoms with van der Waals surface area (Å²) in [5.74, 6) is 0.714. The smallest absolute Gasteiger partial charge is 0.0851 e. The Morgan fingerprint density at radius 3 is 2.86 bits per heavy atom. The average molecular weight is 257 g/mol. The van der Waals surface area contributed by atoms with Crippen molar-refractivity contribution >= 4 is 15.9 Å². The normalized spacial score (nSPS) is 22.1. The van der Waals surface area contributed by atoms with Crippen molar-refractivity contribution in [3.63, 3.8) is 0 Å². The van der Waals surface area contributed by atoms with Crippen LogP contribution in [0.2, 0.25) is 0 Å². The molecule has 2 rings (SSSR count). The minimum Gasteiger partial charge on any atom is -0.340 e. The Morgan fingerprint density at radius 2 is 2.36 bits per heavy atom. The molecule has 1 atom stereocenters. The third-order valence-electron chi connectivity index (χ3n) is 2.91. The first-order valence-corrected chi connectivity index (χ1v) is 6.05. The molecule has 1 fully saturated rings. The van der Waals surface area contributed by atoms with Gasteiger partial charge in [-0.3, -0.25) is 0 Å². The first-order valence-electron chi connectivity index (χ1n) is 5.26. The summed E-state index contributed by atoms with van der Waals surface area (Å²) >= 11 is 3.61. The number of nitrogens with zero attached hydrogens (tertiary/aromatic N) is 1. The van der Waals surface area contributed by atoms with Gasteiger partial charge in [-0.25, -0.2) is 0 Å². The number of rotatable bonds is 2. The van der Waals surface area contributed by atoms with Crippen LogP contribution in [0.1, 0.15) is 37.8 Å². The summed E-state index contributed by atoms with van der Waals surface area (Å²) in [7, 11) is 0. The van der Waals surface area contributed by atoms with Crippen LogP contribution in [-0.2, 0) is 0 Å². The van der Waals surface area contributed by atoms with E-state index in [4.69, 9.17) is 0 Å². The third kappa shape index (κ3) is 1.89. The summed E-state index contributed by atoms with van der Waals surface area (Å²) < 4.78 is 3.49. The van der Waals surface area contributed by atoms with Crippen molar-refractivity contribution in [2.45, 2.75) is 32.2 Å². The molecule has 1 aromatic rings. The van der Waals surface area contributed by atoms with Crippen molar-refractivity contribution in [3.8, 4) is 0 Å². The zero-order valence-electron chi connectivity index (χ0n) is 8.76. The van der Waals surface area contributed by atoms with Crippen molar-refractivity contribution in [3.05, 3.63) is 22.4 Å². The van der Waals surface area contributed by atoms with Gasteiger partial charge in [0.1, 0.15) is 0 Å². The Bertz CT molecular complexity index is 311. The molecule has 1 aliphatic heterocycles. The standard InChI is InChI=1S/C11H17BrN2/c1-8(2)14-7-10(5-11(14)12)9-3-4-13-6-9/h5,7-9,13H,3-4,6H2,1-2H3. The maximum Gasteiger partial charge on any atom is 0.0851 e. The van der Waals surface area contributed by atoms with Crippen LogP contribution < -0.4 is 5.32 Å². The van der Waals surface area contributed by atoms with Crippen LogP contribution in [0.15, 0.2) is 16.9 Å². The van der Waals surface area contributed by atoms with E-state index in [0.717, 1.165) is 13.1 Å². The van der Waals surface area contributed by atoms with Gasteiger partial charge in [-0.05, 0) is 60.3 Å². The van der Waals surface area contributed by atoms with Crippen LogP contribution in [0.25, 0.3) is 0 Å². The van der Waals surface area contributed by atoms with E-state index in [1.165, 1.54) is 16.6 Å². The first kappa shape index (κ1) is 10.2. The second kappa shape index (κ2) is 4.07. The van der Waals surface area contributed by atoms with Crippen molar-refractivity contribution in [1.82, 2.24) is 9.88 Å². The Morgan fingerprint density at radius 1 is 1.57 bits per heavy atom. The molecule has 1 aliphatic rings. The molecule has 2 heterocycles. The van der Waals surface area contributed by atoms with Gasteiger partial charge in [0.05, 0.1) is 4.60 Å². The lowest BCUT2D eigenvalue weighted by atomic mass is 10.0. The molecule has 1 N–H and O–H groups in total. The third-order valence-corrected chi connectivity index (χ3v) is 3.55. The molecular formula is C11H17BrN2. The van der Waals surface area contributed by atoms with Crippen molar-refractivity contribution < 1.29 is 0 Å². The van der Waals surface area contributed by atoms with E-state index in [9.17, 15) is 0 Å². The average Bonchev–Trinajstić information content (AvgIpc) is 2.70. The van der Waals surface area contributed by atoms with Gasteiger partial charge < -0.3 is 9.88 Å². The fourth-order valence-electron chi connectivity index (χ4n) is 2.03. The summed E-state index contributed by atoms with van der Waals surface area (Å²) in [6.45, 7) is 6.71. The maximum atomic E-state index is 3.61. The second-order valence-corrected chi connectivity index (χ2v) is 5.10. The zero-order chi connectivity index (χ0) is 10.1. The summed E-state index contributed by atoms with van der Waals surface area (Å²) in [4.78, 5) is 0. The van der Waals surface area contributed by atoms with E-state index >= 15 is 0 Å². The fourth-order valence-corrected chi connectivity index (χ4v) is 2.81. The summed E-state index contributed by atoms with van der Waals surface area (Å²) in [6.07, 6.45) is 3.56. The minimum atomic E-state index is 0.535. The van der Waals surface area contributed by atoms with E-state index in [1.807, 2.05) is 0 Å². The van der Waals surface area contributed by atoms with Crippen LogP contribution in [0.3, 0.4) is 0 Å². The molecule has 1 aromatic heterocycles. The van der Waals surface area contributed by atoms with Crippen LogP contribution in [-0.4, -0.2) is 17.7 Å². The van der Waals surface area contributed by atoms with Gasteiger partial charge in [0, 0.05) is 18.8 Å². The Kier molecular flexibility index (Phi) is 2.98. The molecule has 3 heteroatoms. The molecule has 1 saturated heterocycles. The molecule has 0 aliphatic carbocycles. The Hall–Kier alpha value is -0.280. The number of halogens is 1. The summed E-state index contributed by atoms with van der Waals surface area (Å²) in [6, 6.07) is 2.80. The van der Waals surface area contributed by atoms with Gasteiger partial charge in [0.25, 0.3) is 0 Å². The molecule has 0 spiro atoms. The topological polar surface area (TPSA) is 17.0 Å². The molecule has 2 nitrogen and oxygen atoms in total. The molecular weight excluding hydrogens is 240 g/mol. The lowest BCUT2D eigenvalue weighted by Gasteiger charge is -2.09. The summed E-state index contributed by atoms with van der Waals surface area (Å²) in [5.41, 5.74) is 1.47. The predicted molar refractivity (Wildman–Crippen MR) is 62.7 cm³/mol. The molecule has 0 radical (unpaired) electrons. The van der Waals surface area contributed by atoms with E-state index < -0.39 is 0 Å². The number of aromatic nitrogens is 1. The lowest BCUT2D eigenvalue weighted by Crippen LogP contribution is -2.07. The van der Waals surface area contributed by atoms with Crippen molar-refractivity contribution in [1.29, 1.82) is 0 Å². The second-order valence-electron chi connectivity index (χ2n) is 4.29. The number of hydrogen-bond donors (Lipinski definition) is 1. The van der Waals surface area contributed by atoms with Gasteiger partial charge in [0.15, 0.2) is 0 Å². The van der Waals surface area contributed by atoms with E-state index in [2.05, 4.69) is 51.9 Å². The molecule has 0 amide bonds. The van der Waals surface area contributed by atoms with E-state index in [1.54, 1.807) is 0 Å². The lowest BCUT2D eigenvalue weighted by molar-refractivity contribution is 0.589. The van der Waals surface area contributed by atoms with Crippen LogP contribution in [0.5, 0.6) is 0 Å². The van der Waals surface area contributed by atoms with Crippen molar-refractivity contribution in [2.75, 3.05) is 13.1 Å². The highest BCUT2D eigenvalue weighted by molar-refractivity contribution is 9.10. The summed E-state index contributed by atoms with van der Waals surface area (Å²) in [5, 5.41) is 3.40. The van der Waals surface area contributed by atoms with Crippen LogP contribution >= 0.6 is 15.9 Å². The number of nitrogens with one attached hydrogen (secondary N) is 1. The van der Waals surface area contributed by atoms with E-state index in [-0.39, 0.29) is 0 Å². The molecule has 0 saturated carbocycles. The molecule has 0 aromatic carbocycles. The Balaban J connectivity index is 2.22. The quantitative estimate of drug-likeness (QED) is 0.862. The van der Waals surface area contributed by atoms with Crippen molar-refractivity contribution in [2.24, 2.45) is 0 Å². The van der Waals surface area contributed by atoms with Crippen LogP contribution in [0.4, 0.5) is 0 Å². The van der Waals surface area contributed by atoms with Gasteiger partial charge in [-0.1, -0.05) is 0 Å². The van der Waals surface area contributed by atoms with Gasteiger partial charge in [-0.2, -0.15) is 0 Å². The first-order chi connectivity index (χ1) is 6.68. The Labute approximate surface area is 93.8 Å². The van der Waals surface area contributed by atoms with E-state index in [0.29, 0.717) is 12.0 Å². The number of hydrogen-bond acceptors (Lipinski definition) is 1. The van der Waals surface area contributed by atoms with Gasteiger partial charge >= 0.3 is 0 Å². The molecule has 14 heavy (non-hydrogen) atoms. The highest BCUT2D eigenvalue weighted by Crippen LogP contribution is 2.28.